The van der Waals surface area contributed by atoms with E-state index >= 15 is 0 Å². The second-order valence-corrected chi connectivity index (χ2v) is 5.06. The number of hydrogen-bond donors (Lipinski definition) is 1. The first kappa shape index (κ1) is 11.6. The lowest BCUT2D eigenvalue weighted by Gasteiger charge is -2.22. The van der Waals surface area contributed by atoms with Crippen LogP contribution in [0.3, 0.4) is 0 Å². The molecule has 1 atom stereocenters. The monoisotopic (exact) mass is 255 g/mol. The molecule has 0 aromatic heterocycles. The molecule has 1 aliphatic heterocycles. The van der Waals surface area contributed by atoms with Crippen molar-refractivity contribution in [3.05, 3.63) is 34.9 Å². The maximum atomic E-state index is 12.9. The Hall–Kier alpha value is -1.52. The van der Waals surface area contributed by atoms with Crippen LogP contribution in [-0.4, -0.2) is 12.5 Å². The van der Waals surface area contributed by atoms with E-state index < -0.39 is 17.2 Å². The molecule has 96 valence electrons. The van der Waals surface area contributed by atoms with Crippen LogP contribution in [0.1, 0.15) is 29.5 Å². The topological polar surface area (TPSA) is 29.1 Å². The van der Waals surface area contributed by atoms with Gasteiger partial charge in [0.15, 0.2) is 0 Å². The number of nitrogens with one attached hydrogen (secondary N) is 1. The molecule has 1 aliphatic carbocycles. The quantitative estimate of drug-likeness (QED) is 0.757. The van der Waals surface area contributed by atoms with Gasteiger partial charge in [0.1, 0.15) is 0 Å². The van der Waals surface area contributed by atoms with Crippen molar-refractivity contribution in [1.82, 2.24) is 5.32 Å². The molecule has 2 aliphatic rings. The third-order valence-electron chi connectivity index (χ3n) is 4.03. The molecule has 1 amide bonds. The Kier molecular flexibility index (Phi) is 2.24. The van der Waals surface area contributed by atoms with Crippen molar-refractivity contribution in [1.29, 1.82) is 0 Å². The normalized spacial score (nSPS) is 26.5. The molecule has 1 aromatic carbocycles. The standard InChI is InChI=1S/C13H12F3NO/c14-13(15,16)10-3-1-2-9-8(10)4-5-12(9)6-11(18)17-7-12/h1-3H,4-7H2,(H,17,18). The highest BCUT2D eigenvalue weighted by atomic mass is 19.4. The van der Waals surface area contributed by atoms with Crippen LogP contribution in [-0.2, 0) is 22.8 Å². The molecular formula is C13H12F3NO. The van der Waals surface area contributed by atoms with Gasteiger partial charge < -0.3 is 5.32 Å². The van der Waals surface area contributed by atoms with E-state index in [1.807, 2.05) is 0 Å². The fourth-order valence-electron chi connectivity index (χ4n) is 3.18. The summed E-state index contributed by atoms with van der Waals surface area (Å²) in [5.74, 6) is -0.0692. The van der Waals surface area contributed by atoms with E-state index in [0.717, 1.165) is 6.07 Å². The third kappa shape index (κ3) is 1.53. The molecule has 0 saturated carbocycles. The summed E-state index contributed by atoms with van der Waals surface area (Å²) in [5, 5.41) is 2.73. The molecule has 1 saturated heterocycles. The first-order valence-corrected chi connectivity index (χ1v) is 5.89. The Morgan fingerprint density at radius 3 is 2.67 bits per heavy atom. The SMILES string of the molecule is O=C1CC2(CCc3c(C(F)(F)F)cccc32)CN1. The second kappa shape index (κ2) is 3.49. The van der Waals surface area contributed by atoms with Gasteiger partial charge in [0.05, 0.1) is 5.56 Å². The predicted octanol–water partition coefficient (Wildman–Crippen LogP) is 2.41. The van der Waals surface area contributed by atoms with Crippen molar-refractivity contribution in [3.8, 4) is 0 Å². The van der Waals surface area contributed by atoms with Gasteiger partial charge in [-0.25, -0.2) is 0 Å². The van der Waals surface area contributed by atoms with E-state index in [1.54, 1.807) is 6.07 Å². The van der Waals surface area contributed by atoms with E-state index in [-0.39, 0.29) is 5.91 Å². The molecule has 2 nitrogen and oxygen atoms in total. The van der Waals surface area contributed by atoms with Crippen LogP contribution < -0.4 is 5.32 Å². The maximum Gasteiger partial charge on any atom is 0.416 e. The zero-order chi connectivity index (χ0) is 13.0. The van der Waals surface area contributed by atoms with Crippen LogP contribution >= 0.6 is 0 Å². The fraction of sp³-hybridized carbons (Fsp3) is 0.462. The van der Waals surface area contributed by atoms with Gasteiger partial charge in [-0.15, -0.1) is 0 Å². The number of benzene rings is 1. The Balaban J connectivity index is 2.11. The summed E-state index contributed by atoms with van der Waals surface area (Å²) in [6.45, 7) is 0.458. The highest BCUT2D eigenvalue weighted by Gasteiger charge is 2.47. The Bertz CT molecular complexity index is 523. The van der Waals surface area contributed by atoms with E-state index in [0.29, 0.717) is 36.9 Å². The van der Waals surface area contributed by atoms with Crippen molar-refractivity contribution in [2.45, 2.75) is 30.9 Å². The summed E-state index contributed by atoms with van der Waals surface area (Å²) >= 11 is 0. The number of carbonyl (C=O) groups is 1. The Morgan fingerprint density at radius 1 is 1.28 bits per heavy atom. The summed E-state index contributed by atoms with van der Waals surface area (Å²) in [5.41, 5.74) is 0.127. The summed E-state index contributed by atoms with van der Waals surface area (Å²) in [4.78, 5) is 11.4. The lowest BCUT2D eigenvalue weighted by Crippen LogP contribution is -2.26. The zero-order valence-electron chi connectivity index (χ0n) is 9.60. The minimum atomic E-state index is -4.31. The zero-order valence-corrected chi connectivity index (χ0v) is 9.60. The van der Waals surface area contributed by atoms with Crippen LogP contribution in [0.2, 0.25) is 0 Å². The minimum Gasteiger partial charge on any atom is -0.355 e. The average Bonchev–Trinajstić information content (AvgIpc) is 2.84. The smallest absolute Gasteiger partial charge is 0.355 e. The van der Waals surface area contributed by atoms with Crippen LogP contribution in [0, 0.1) is 0 Å². The highest BCUT2D eigenvalue weighted by molar-refractivity contribution is 5.81. The van der Waals surface area contributed by atoms with Crippen molar-refractivity contribution >= 4 is 5.91 Å². The Labute approximate surface area is 102 Å². The summed E-state index contributed by atoms with van der Waals surface area (Å²) < 4.78 is 38.7. The first-order chi connectivity index (χ1) is 8.42. The number of amides is 1. The van der Waals surface area contributed by atoms with Crippen molar-refractivity contribution < 1.29 is 18.0 Å². The van der Waals surface area contributed by atoms with Crippen LogP contribution in [0.4, 0.5) is 13.2 Å². The van der Waals surface area contributed by atoms with Gasteiger partial charge >= 0.3 is 6.18 Å². The van der Waals surface area contributed by atoms with Crippen molar-refractivity contribution in [3.63, 3.8) is 0 Å². The van der Waals surface area contributed by atoms with Gasteiger partial charge in [-0.1, -0.05) is 12.1 Å². The highest BCUT2D eigenvalue weighted by Crippen LogP contribution is 2.47. The molecule has 0 radical (unpaired) electrons. The molecule has 1 aromatic rings. The molecule has 1 spiro atoms. The lowest BCUT2D eigenvalue weighted by molar-refractivity contribution is -0.138. The van der Waals surface area contributed by atoms with E-state index in [1.165, 1.54) is 6.07 Å². The molecule has 1 fully saturated rings. The number of alkyl halides is 3. The van der Waals surface area contributed by atoms with Gasteiger partial charge in [-0.05, 0) is 30.0 Å². The summed E-state index contributed by atoms with van der Waals surface area (Å²) in [7, 11) is 0. The maximum absolute atomic E-state index is 12.9. The fourth-order valence-corrected chi connectivity index (χ4v) is 3.18. The molecule has 1 heterocycles. The second-order valence-electron chi connectivity index (χ2n) is 5.06. The molecule has 3 rings (SSSR count). The molecule has 0 bridgehead atoms. The first-order valence-electron chi connectivity index (χ1n) is 5.89. The minimum absolute atomic E-state index is 0.0692. The number of fused-ring (bicyclic) bond motifs is 2. The van der Waals surface area contributed by atoms with Crippen LogP contribution in [0.15, 0.2) is 18.2 Å². The molecular weight excluding hydrogens is 243 g/mol. The van der Waals surface area contributed by atoms with Gasteiger partial charge in [-0.3, -0.25) is 4.79 Å². The van der Waals surface area contributed by atoms with Crippen molar-refractivity contribution in [2.75, 3.05) is 6.54 Å². The van der Waals surface area contributed by atoms with E-state index in [2.05, 4.69) is 5.32 Å². The number of carbonyl (C=O) groups excluding carboxylic acids is 1. The number of hydrogen-bond acceptors (Lipinski definition) is 1. The van der Waals surface area contributed by atoms with Crippen LogP contribution in [0.25, 0.3) is 0 Å². The van der Waals surface area contributed by atoms with E-state index in [9.17, 15) is 18.0 Å². The average molecular weight is 255 g/mol. The molecule has 18 heavy (non-hydrogen) atoms. The summed E-state index contributed by atoms with van der Waals surface area (Å²) in [6.07, 6.45) is -2.98. The van der Waals surface area contributed by atoms with Gasteiger partial charge in [-0.2, -0.15) is 13.2 Å². The van der Waals surface area contributed by atoms with E-state index in [4.69, 9.17) is 0 Å². The Morgan fingerprint density at radius 2 is 2.06 bits per heavy atom. The van der Waals surface area contributed by atoms with Crippen LogP contribution in [0.5, 0.6) is 0 Å². The largest absolute Gasteiger partial charge is 0.416 e. The van der Waals surface area contributed by atoms with Crippen molar-refractivity contribution in [2.24, 2.45) is 0 Å². The third-order valence-corrected chi connectivity index (χ3v) is 4.03. The molecule has 1 unspecified atom stereocenters. The van der Waals surface area contributed by atoms with Gasteiger partial charge in [0, 0.05) is 18.4 Å². The predicted molar refractivity (Wildman–Crippen MR) is 59.1 cm³/mol. The molecule has 5 heteroatoms. The van der Waals surface area contributed by atoms with Gasteiger partial charge in [0.2, 0.25) is 5.91 Å². The summed E-state index contributed by atoms with van der Waals surface area (Å²) in [6, 6.07) is 4.30. The number of rotatable bonds is 0. The lowest BCUT2D eigenvalue weighted by atomic mass is 9.81. The number of halogens is 3. The van der Waals surface area contributed by atoms with Gasteiger partial charge in [0.25, 0.3) is 0 Å². The molecule has 1 N–H and O–H groups in total.